The zero-order valence-corrected chi connectivity index (χ0v) is 10.6. The van der Waals surface area contributed by atoms with Gasteiger partial charge in [0.05, 0.1) is 0 Å². The summed E-state index contributed by atoms with van der Waals surface area (Å²) in [4.78, 5) is 22.6. The largest absolute Gasteiger partial charge is 0.480 e. The minimum absolute atomic E-state index is 0.649. The Morgan fingerprint density at radius 3 is 1.94 bits per heavy atom. The summed E-state index contributed by atoms with van der Waals surface area (Å²) in [6.45, 7) is 6.60. The molecule has 16 heavy (non-hydrogen) atoms. The van der Waals surface area contributed by atoms with Gasteiger partial charge in [-0.3, -0.25) is 0 Å². The van der Waals surface area contributed by atoms with E-state index in [1.54, 1.807) is 34.9 Å². The van der Waals surface area contributed by atoms with Crippen molar-refractivity contribution in [3.8, 4) is 0 Å². The van der Waals surface area contributed by atoms with Crippen LogP contribution in [0, 0.1) is 0 Å². The number of carboxylic acid groups (broad SMARTS) is 1. The molecule has 1 amide bonds. The van der Waals surface area contributed by atoms with Crippen molar-refractivity contribution >= 4 is 12.1 Å². The van der Waals surface area contributed by atoms with Gasteiger partial charge in [0.2, 0.25) is 0 Å². The van der Waals surface area contributed by atoms with Crippen LogP contribution < -0.4 is 0 Å². The first-order valence-electron chi connectivity index (χ1n) is 4.98. The van der Waals surface area contributed by atoms with Gasteiger partial charge in [-0.15, -0.1) is 0 Å². The van der Waals surface area contributed by atoms with Crippen LogP contribution in [0.5, 0.6) is 0 Å². The maximum atomic E-state index is 11.7. The molecule has 6 nitrogen and oxygen atoms in total. The predicted molar refractivity (Wildman–Crippen MR) is 58.9 cm³/mol. The third-order valence-electron chi connectivity index (χ3n) is 1.74. The van der Waals surface area contributed by atoms with Crippen LogP contribution >= 0.6 is 0 Å². The highest BCUT2D eigenvalue weighted by Crippen LogP contribution is 2.12. The Bertz CT molecular complexity index is 270. The number of amides is 1. The minimum atomic E-state index is -1.08. The standard InChI is InChI=1S/C10H20N2O4/c1-7(8(13)14)12(11(5)6)9(15)16-10(2,3)4/h7H,1-6H3,(H,13,14)/t7-/m1/s1. The fourth-order valence-electron chi connectivity index (χ4n) is 1.08. The van der Waals surface area contributed by atoms with Gasteiger partial charge < -0.3 is 9.84 Å². The molecule has 0 aliphatic rings. The first-order valence-corrected chi connectivity index (χ1v) is 4.98. The molecule has 0 aromatic rings. The van der Waals surface area contributed by atoms with Crippen molar-refractivity contribution < 1.29 is 19.4 Å². The lowest BCUT2D eigenvalue weighted by Gasteiger charge is -2.33. The predicted octanol–water partition coefficient (Wildman–Crippen LogP) is 1.17. The molecule has 0 heterocycles. The third kappa shape index (κ3) is 4.48. The fraction of sp³-hybridized carbons (Fsp3) is 0.800. The Morgan fingerprint density at radius 2 is 1.69 bits per heavy atom. The minimum Gasteiger partial charge on any atom is -0.480 e. The van der Waals surface area contributed by atoms with E-state index in [2.05, 4.69) is 0 Å². The van der Waals surface area contributed by atoms with Gasteiger partial charge in [0, 0.05) is 14.1 Å². The quantitative estimate of drug-likeness (QED) is 0.740. The third-order valence-corrected chi connectivity index (χ3v) is 1.74. The van der Waals surface area contributed by atoms with Crippen LogP contribution in [0.1, 0.15) is 27.7 Å². The van der Waals surface area contributed by atoms with Crippen molar-refractivity contribution in [3.63, 3.8) is 0 Å². The van der Waals surface area contributed by atoms with Crippen LogP contribution in [0.15, 0.2) is 0 Å². The average molecular weight is 232 g/mol. The molecule has 0 aliphatic carbocycles. The van der Waals surface area contributed by atoms with E-state index in [0.717, 1.165) is 5.01 Å². The van der Waals surface area contributed by atoms with Crippen LogP contribution in [0.4, 0.5) is 4.79 Å². The molecule has 0 unspecified atom stereocenters. The molecule has 1 atom stereocenters. The summed E-state index contributed by atoms with van der Waals surface area (Å²) in [5.74, 6) is -1.08. The van der Waals surface area contributed by atoms with Gasteiger partial charge in [-0.2, -0.15) is 0 Å². The lowest BCUT2D eigenvalue weighted by atomic mass is 10.2. The van der Waals surface area contributed by atoms with Crippen molar-refractivity contribution in [1.82, 2.24) is 10.0 Å². The molecule has 0 aliphatic heterocycles. The molecule has 0 rings (SSSR count). The second-order valence-electron chi connectivity index (χ2n) is 4.69. The summed E-state index contributed by atoms with van der Waals surface area (Å²) >= 11 is 0. The van der Waals surface area contributed by atoms with Crippen LogP contribution in [0.2, 0.25) is 0 Å². The molecule has 0 bridgehead atoms. The molecule has 0 spiro atoms. The number of hydrogen-bond acceptors (Lipinski definition) is 4. The maximum Gasteiger partial charge on any atom is 0.425 e. The summed E-state index contributed by atoms with van der Waals surface area (Å²) < 4.78 is 5.11. The summed E-state index contributed by atoms with van der Waals surface area (Å²) in [5, 5.41) is 11.3. The van der Waals surface area contributed by atoms with E-state index in [1.807, 2.05) is 0 Å². The number of aliphatic carboxylic acids is 1. The Kier molecular flexibility index (Phi) is 4.74. The van der Waals surface area contributed by atoms with E-state index in [1.165, 1.54) is 11.9 Å². The van der Waals surface area contributed by atoms with Gasteiger partial charge in [-0.05, 0) is 27.7 Å². The molecule has 0 radical (unpaired) electrons. The first-order chi connectivity index (χ1) is 7.06. The van der Waals surface area contributed by atoms with Crippen molar-refractivity contribution in [3.05, 3.63) is 0 Å². The molecule has 0 aromatic carbocycles. The Balaban J connectivity index is 4.80. The highest BCUT2D eigenvalue weighted by molar-refractivity contribution is 5.79. The van der Waals surface area contributed by atoms with Gasteiger partial charge in [-0.25, -0.2) is 19.6 Å². The monoisotopic (exact) mass is 232 g/mol. The van der Waals surface area contributed by atoms with Crippen molar-refractivity contribution in [2.45, 2.75) is 39.3 Å². The Morgan fingerprint density at radius 1 is 1.25 bits per heavy atom. The summed E-state index contributed by atoms with van der Waals surface area (Å²) in [7, 11) is 3.17. The van der Waals surface area contributed by atoms with Crippen LogP contribution in [-0.2, 0) is 9.53 Å². The average Bonchev–Trinajstić information content (AvgIpc) is 1.99. The normalized spacial score (nSPS) is 13.4. The van der Waals surface area contributed by atoms with Gasteiger partial charge in [-0.1, -0.05) is 0 Å². The second kappa shape index (κ2) is 5.16. The molecular formula is C10H20N2O4. The lowest BCUT2D eigenvalue weighted by Crippen LogP contribution is -2.52. The van der Waals surface area contributed by atoms with E-state index < -0.39 is 23.7 Å². The molecule has 0 saturated carbocycles. The van der Waals surface area contributed by atoms with Crippen LogP contribution in [-0.4, -0.2) is 52.9 Å². The lowest BCUT2D eigenvalue weighted by molar-refractivity contribution is -0.148. The number of ether oxygens (including phenoxy) is 1. The van der Waals surface area contributed by atoms with Gasteiger partial charge in [0.1, 0.15) is 11.6 Å². The number of hydrogen-bond donors (Lipinski definition) is 1. The smallest absolute Gasteiger partial charge is 0.425 e. The zero-order chi connectivity index (χ0) is 13.1. The molecule has 1 N–H and O–H groups in total. The zero-order valence-electron chi connectivity index (χ0n) is 10.6. The molecular weight excluding hydrogens is 212 g/mol. The van der Waals surface area contributed by atoms with E-state index in [-0.39, 0.29) is 0 Å². The van der Waals surface area contributed by atoms with Crippen molar-refractivity contribution in [1.29, 1.82) is 0 Å². The summed E-state index contributed by atoms with van der Waals surface area (Å²) in [5.41, 5.74) is -0.649. The molecule has 94 valence electrons. The van der Waals surface area contributed by atoms with Crippen LogP contribution in [0.3, 0.4) is 0 Å². The topological polar surface area (TPSA) is 70.1 Å². The highest BCUT2D eigenvalue weighted by atomic mass is 16.6. The summed E-state index contributed by atoms with van der Waals surface area (Å²) in [6.07, 6.45) is -0.674. The first kappa shape index (κ1) is 14.7. The number of carbonyl (C=O) groups excluding carboxylic acids is 1. The Hall–Kier alpha value is -1.30. The SMILES string of the molecule is C[C@H](C(=O)O)N(C(=O)OC(C)(C)C)N(C)C. The molecule has 0 aromatic heterocycles. The fourth-order valence-corrected chi connectivity index (χ4v) is 1.08. The number of nitrogens with zero attached hydrogens (tertiary/aromatic N) is 2. The van der Waals surface area contributed by atoms with Crippen molar-refractivity contribution in [2.24, 2.45) is 0 Å². The van der Waals surface area contributed by atoms with E-state index in [4.69, 9.17) is 9.84 Å². The van der Waals surface area contributed by atoms with Gasteiger partial charge >= 0.3 is 12.1 Å². The molecule has 0 fully saturated rings. The number of rotatable bonds is 3. The van der Waals surface area contributed by atoms with E-state index in [0.29, 0.717) is 0 Å². The van der Waals surface area contributed by atoms with Crippen LogP contribution in [0.25, 0.3) is 0 Å². The number of carbonyl (C=O) groups is 2. The Labute approximate surface area is 95.7 Å². The second-order valence-corrected chi connectivity index (χ2v) is 4.69. The number of hydrazine groups is 1. The highest BCUT2D eigenvalue weighted by Gasteiger charge is 2.31. The number of carboxylic acids is 1. The van der Waals surface area contributed by atoms with E-state index in [9.17, 15) is 9.59 Å². The molecule has 0 saturated heterocycles. The summed E-state index contributed by atoms with van der Waals surface area (Å²) in [6, 6.07) is -0.968. The molecule has 6 heteroatoms. The van der Waals surface area contributed by atoms with Crippen molar-refractivity contribution in [2.75, 3.05) is 14.1 Å². The van der Waals surface area contributed by atoms with Gasteiger partial charge in [0.15, 0.2) is 0 Å². The van der Waals surface area contributed by atoms with E-state index >= 15 is 0 Å². The van der Waals surface area contributed by atoms with Gasteiger partial charge in [0.25, 0.3) is 0 Å². The maximum absolute atomic E-state index is 11.7.